The summed E-state index contributed by atoms with van der Waals surface area (Å²) >= 11 is 0. The number of aromatic nitrogens is 4. The van der Waals surface area contributed by atoms with Gasteiger partial charge in [-0.2, -0.15) is 4.80 Å². The Morgan fingerprint density at radius 3 is 2.37 bits per heavy atom. The first-order valence-electron chi connectivity index (χ1n) is 9.91. The van der Waals surface area contributed by atoms with E-state index < -0.39 is 6.04 Å². The minimum Gasteiger partial charge on any atom is -0.343 e. The van der Waals surface area contributed by atoms with Crippen molar-refractivity contribution >= 4 is 17.8 Å². The molecule has 154 valence electrons. The van der Waals surface area contributed by atoms with Crippen LogP contribution in [0.25, 0.3) is 17.5 Å². The average molecular weight is 403 g/mol. The van der Waals surface area contributed by atoms with Gasteiger partial charge < -0.3 is 5.32 Å². The molecule has 1 amide bonds. The molecule has 0 saturated carbocycles. The zero-order valence-corrected chi connectivity index (χ0v) is 17.1. The zero-order chi connectivity index (χ0) is 21.3. The van der Waals surface area contributed by atoms with E-state index in [2.05, 4.69) is 20.7 Å². The Morgan fingerprint density at radius 1 is 1.03 bits per heavy atom. The van der Waals surface area contributed by atoms with Crippen molar-refractivity contribution in [3.05, 3.63) is 72.3 Å². The topological polar surface area (TPSA) is 89.8 Å². The van der Waals surface area contributed by atoms with Crippen molar-refractivity contribution in [1.29, 1.82) is 0 Å². The number of Topliss-reactive ketones (excluding diaryl/α,β-unsaturated/α-hetero) is 1. The Balaban J connectivity index is 1.64. The summed E-state index contributed by atoms with van der Waals surface area (Å²) in [5.74, 6) is 0.219. The lowest BCUT2D eigenvalue weighted by Gasteiger charge is -2.18. The Labute approximate surface area is 175 Å². The predicted molar refractivity (Wildman–Crippen MR) is 115 cm³/mol. The summed E-state index contributed by atoms with van der Waals surface area (Å²) in [6, 6.07) is 18.3. The smallest absolute Gasteiger partial charge is 0.244 e. The van der Waals surface area contributed by atoms with Gasteiger partial charge in [0.2, 0.25) is 11.7 Å². The lowest BCUT2D eigenvalue weighted by molar-refractivity contribution is -0.126. The first-order valence-corrected chi connectivity index (χ1v) is 9.91. The first kappa shape index (κ1) is 21.1. The second-order valence-corrected chi connectivity index (χ2v) is 7.41. The lowest BCUT2D eigenvalue weighted by Crippen LogP contribution is -2.42. The number of nitrogens with zero attached hydrogens (tertiary/aromatic N) is 4. The van der Waals surface area contributed by atoms with Crippen molar-refractivity contribution < 1.29 is 9.59 Å². The van der Waals surface area contributed by atoms with Gasteiger partial charge in [0.25, 0.3) is 0 Å². The molecule has 1 N–H and O–H groups in total. The molecule has 0 aliphatic carbocycles. The summed E-state index contributed by atoms with van der Waals surface area (Å²) in [6.07, 6.45) is 3.69. The molecule has 0 radical (unpaired) electrons. The number of nitrogens with one attached hydrogen (secondary N) is 1. The highest BCUT2D eigenvalue weighted by Gasteiger charge is 2.22. The maximum atomic E-state index is 12.8. The Morgan fingerprint density at radius 2 is 1.70 bits per heavy atom. The number of carbonyl (C=O) groups is 2. The molecule has 1 aromatic heterocycles. The van der Waals surface area contributed by atoms with Gasteiger partial charge in [0.15, 0.2) is 5.78 Å². The molecule has 2 aromatic carbocycles. The van der Waals surface area contributed by atoms with E-state index in [0.29, 0.717) is 12.2 Å². The van der Waals surface area contributed by atoms with Gasteiger partial charge in [-0.3, -0.25) is 9.59 Å². The number of hydrogen-bond acceptors (Lipinski definition) is 5. The quantitative estimate of drug-likeness (QED) is 0.554. The van der Waals surface area contributed by atoms with Gasteiger partial charge in [0.05, 0.1) is 6.04 Å². The number of ketones is 1. The van der Waals surface area contributed by atoms with Crippen LogP contribution in [0.4, 0.5) is 0 Å². The molecule has 0 aliphatic rings. The molecule has 1 heterocycles. The van der Waals surface area contributed by atoms with Gasteiger partial charge in [-0.15, -0.1) is 10.2 Å². The molecule has 3 aromatic rings. The Bertz CT molecular complexity index is 997. The largest absolute Gasteiger partial charge is 0.343 e. The van der Waals surface area contributed by atoms with Crippen molar-refractivity contribution in [2.75, 3.05) is 0 Å². The summed E-state index contributed by atoms with van der Waals surface area (Å²) in [5.41, 5.74) is 1.74. The van der Waals surface area contributed by atoms with Crippen LogP contribution in [0.3, 0.4) is 0 Å². The molecule has 0 fully saturated rings. The third kappa shape index (κ3) is 6.20. The SMILES string of the molecule is CC(C)CC(NC(=O)/C=C/c1ccccc1)C(=O)Cn1nnc(-c2ccccc2)n1. The van der Waals surface area contributed by atoms with Crippen LogP contribution < -0.4 is 5.32 Å². The molecule has 0 spiro atoms. The summed E-state index contributed by atoms with van der Waals surface area (Å²) in [5, 5.41) is 15.1. The van der Waals surface area contributed by atoms with Crippen LogP contribution in [-0.2, 0) is 16.1 Å². The van der Waals surface area contributed by atoms with E-state index in [0.717, 1.165) is 11.1 Å². The number of carbonyl (C=O) groups excluding carboxylic acids is 2. The molecule has 0 saturated heterocycles. The molecule has 1 atom stereocenters. The van der Waals surface area contributed by atoms with Crippen LogP contribution in [0.5, 0.6) is 0 Å². The van der Waals surface area contributed by atoms with Crippen molar-refractivity contribution in [3.8, 4) is 11.4 Å². The summed E-state index contributed by atoms with van der Waals surface area (Å²) < 4.78 is 0. The van der Waals surface area contributed by atoms with Crippen LogP contribution in [0.2, 0.25) is 0 Å². The third-order valence-corrected chi connectivity index (χ3v) is 4.42. The van der Waals surface area contributed by atoms with Gasteiger partial charge >= 0.3 is 0 Å². The summed E-state index contributed by atoms with van der Waals surface area (Å²) in [4.78, 5) is 26.5. The summed E-state index contributed by atoms with van der Waals surface area (Å²) in [6.45, 7) is 3.96. The highest BCUT2D eigenvalue weighted by molar-refractivity contribution is 5.96. The second-order valence-electron chi connectivity index (χ2n) is 7.41. The highest BCUT2D eigenvalue weighted by Crippen LogP contribution is 2.12. The Hall–Kier alpha value is -3.61. The fourth-order valence-corrected chi connectivity index (χ4v) is 2.96. The maximum Gasteiger partial charge on any atom is 0.244 e. The van der Waals surface area contributed by atoms with E-state index in [9.17, 15) is 9.59 Å². The number of hydrogen-bond donors (Lipinski definition) is 1. The lowest BCUT2D eigenvalue weighted by atomic mass is 10.00. The van der Waals surface area contributed by atoms with Crippen molar-refractivity contribution in [1.82, 2.24) is 25.5 Å². The van der Waals surface area contributed by atoms with Crippen LogP contribution in [0, 0.1) is 5.92 Å². The van der Waals surface area contributed by atoms with E-state index in [4.69, 9.17) is 0 Å². The molecule has 1 unspecified atom stereocenters. The normalized spacial score (nSPS) is 12.2. The molecule has 7 heteroatoms. The van der Waals surface area contributed by atoms with Gasteiger partial charge in [-0.25, -0.2) is 0 Å². The molecule has 0 bridgehead atoms. The van der Waals surface area contributed by atoms with Gasteiger partial charge in [0.1, 0.15) is 6.54 Å². The maximum absolute atomic E-state index is 12.8. The van der Waals surface area contributed by atoms with Gasteiger partial charge in [0, 0.05) is 11.6 Å². The Kier molecular flexibility index (Phi) is 7.21. The van der Waals surface area contributed by atoms with Crippen LogP contribution in [-0.4, -0.2) is 37.9 Å². The second kappa shape index (κ2) is 10.2. The molecule has 7 nitrogen and oxygen atoms in total. The molecule has 30 heavy (non-hydrogen) atoms. The number of benzene rings is 2. The monoisotopic (exact) mass is 403 g/mol. The zero-order valence-electron chi connectivity index (χ0n) is 17.1. The van der Waals surface area contributed by atoms with Crippen LogP contribution in [0.1, 0.15) is 25.8 Å². The molecular weight excluding hydrogens is 378 g/mol. The van der Waals surface area contributed by atoms with E-state index in [-0.39, 0.29) is 24.2 Å². The average Bonchev–Trinajstić information content (AvgIpc) is 3.21. The predicted octanol–water partition coefficient (Wildman–Crippen LogP) is 3.15. The van der Waals surface area contributed by atoms with E-state index >= 15 is 0 Å². The fourth-order valence-electron chi connectivity index (χ4n) is 2.96. The van der Waals surface area contributed by atoms with Crippen LogP contribution >= 0.6 is 0 Å². The van der Waals surface area contributed by atoms with E-state index in [1.54, 1.807) is 6.08 Å². The number of tetrazole rings is 1. The minimum absolute atomic E-state index is 0.0557. The summed E-state index contributed by atoms with van der Waals surface area (Å²) in [7, 11) is 0. The fraction of sp³-hybridized carbons (Fsp3) is 0.261. The molecular formula is C23H25N5O2. The first-order chi connectivity index (χ1) is 14.5. The molecule has 0 aliphatic heterocycles. The number of rotatable bonds is 9. The molecule has 3 rings (SSSR count). The van der Waals surface area contributed by atoms with Gasteiger partial charge in [-0.1, -0.05) is 74.5 Å². The van der Waals surface area contributed by atoms with Crippen molar-refractivity contribution in [2.24, 2.45) is 5.92 Å². The highest BCUT2D eigenvalue weighted by atomic mass is 16.2. The van der Waals surface area contributed by atoms with E-state index in [1.165, 1.54) is 10.9 Å². The van der Waals surface area contributed by atoms with Crippen molar-refractivity contribution in [3.63, 3.8) is 0 Å². The third-order valence-electron chi connectivity index (χ3n) is 4.42. The minimum atomic E-state index is -0.621. The van der Waals surface area contributed by atoms with E-state index in [1.807, 2.05) is 74.5 Å². The standard InChI is InChI=1S/C23H25N5O2/c1-17(2)15-20(24-22(30)14-13-18-9-5-3-6-10-18)21(29)16-28-26-23(25-27-28)19-11-7-4-8-12-19/h3-14,17,20H,15-16H2,1-2H3,(H,24,30)/b14-13+. The number of amides is 1. The van der Waals surface area contributed by atoms with Gasteiger partial charge in [-0.05, 0) is 29.2 Å². The van der Waals surface area contributed by atoms with Crippen LogP contribution in [0.15, 0.2) is 66.7 Å². The van der Waals surface area contributed by atoms with Crippen molar-refractivity contribution in [2.45, 2.75) is 32.9 Å².